The average Bonchev–Trinajstić information content (AvgIpc) is 2.64. The number of likely N-dealkylation sites (tertiary alicyclic amines) is 1. The van der Waals surface area contributed by atoms with Crippen molar-refractivity contribution in [1.82, 2.24) is 10.2 Å². The highest BCUT2D eigenvalue weighted by Crippen LogP contribution is 2.16. The molecule has 0 spiro atoms. The molecule has 2 rings (SSSR count). The van der Waals surface area contributed by atoms with Crippen molar-refractivity contribution < 1.29 is 4.79 Å². The third kappa shape index (κ3) is 2.81. The van der Waals surface area contributed by atoms with Gasteiger partial charge in [-0.1, -0.05) is 6.92 Å². The van der Waals surface area contributed by atoms with Crippen LogP contribution in [0.1, 0.15) is 32.6 Å². The summed E-state index contributed by atoms with van der Waals surface area (Å²) in [6, 6.07) is 0.552. The number of likely N-dealkylation sites (N-methyl/N-ethyl adjacent to an activating group) is 1. The topological polar surface area (TPSA) is 32.3 Å². The average molecular weight is 208 g/mol. The van der Waals surface area contributed by atoms with Crippen LogP contribution in [0.4, 0.5) is 0 Å². The lowest BCUT2D eigenvalue weighted by Gasteiger charge is -2.33. The lowest BCUT2D eigenvalue weighted by molar-refractivity contribution is -0.114. The summed E-state index contributed by atoms with van der Waals surface area (Å²) in [4.78, 5) is 13.6. The first-order valence-electron chi connectivity index (χ1n) is 6.00. The molecule has 0 bridgehead atoms. The molecule has 0 amide bonds. The van der Waals surface area contributed by atoms with Crippen molar-refractivity contribution in [3.63, 3.8) is 0 Å². The van der Waals surface area contributed by atoms with E-state index in [2.05, 4.69) is 17.1 Å². The van der Waals surface area contributed by atoms with E-state index in [9.17, 15) is 4.79 Å². The van der Waals surface area contributed by atoms with Gasteiger partial charge in [-0.15, -0.1) is 0 Å². The number of piperidine rings is 1. The number of allylic oxidation sites excluding steroid dienone is 2. The van der Waals surface area contributed by atoms with Crippen molar-refractivity contribution in [3.8, 4) is 0 Å². The molecule has 1 unspecified atom stereocenters. The van der Waals surface area contributed by atoms with Crippen molar-refractivity contribution in [1.29, 1.82) is 0 Å². The summed E-state index contributed by atoms with van der Waals surface area (Å²) >= 11 is 0. The van der Waals surface area contributed by atoms with Crippen molar-refractivity contribution >= 4 is 5.78 Å². The molecule has 0 radical (unpaired) electrons. The summed E-state index contributed by atoms with van der Waals surface area (Å²) in [5.74, 6) is 0.278. The van der Waals surface area contributed by atoms with E-state index >= 15 is 0 Å². The maximum atomic E-state index is 11.1. The number of carbonyl (C=O) groups excluding carboxylic acids is 1. The van der Waals surface area contributed by atoms with Gasteiger partial charge in [0.2, 0.25) is 0 Å². The molecule has 1 aliphatic heterocycles. The van der Waals surface area contributed by atoms with Gasteiger partial charge in [0.15, 0.2) is 5.78 Å². The van der Waals surface area contributed by atoms with Crippen molar-refractivity contribution in [2.75, 3.05) is 19.6 Å². The highest BCUT2D eigenvalue weighted by Gasteiger charge is 2.20. The fourth-order valence-electron chi connectivity index (χ4n) is 2.43. The zero-order chi connectivity index (χ0) is 10.7. The molecular weight excluding hydrogens is 188 g/mol. The normalized spacial score (nSPS) is 27.9. The zero-order valence-electron chi connectivity index (χ0n) is 9.46. The van der Waals surface area contributed by atoms with E-state index < -0.39 is 0 Å². The van der Waals surface area contributed by atoms with Gasteiger partial charge in [0.05, 0.1) is 0 Å². The molecule has 1 heterocycles. The van der Waals surface area contributed by atoms with Crippen LogP contribution in [0.2, 0.25) is 0 Å². The van der Waals surface area contributed by atoms with Gasteiger partial charge in [-0.2, -0.15) is 0 Å². The van der Waals surface area contributed by atoms with Crippen LogP contribution in [0.25, 0.3) is 0 Å². The van der Waals surface area contributed by atoms with Crippen molar-refractivity contribution in [3.05, 3.63) is 11.8 Å². The van der Waals surface area contributed by atoms with Crippen molar-refractivity contribution in [2.45, 2.75) is 38.6 Å². The van der Waals surface area contributed by atoms with Crippen LogP contribution in [-0.2, 0) is 4.79 Å². The smallest absolute Gasteiger partial charge is 0.157 e. The van der Waals surface area contributed by atoms with Gasteiger partial charge in [0.25, 0.3) is 0 Å². The van der Waals surface area contributed by atoms with Gasteiger partial charge in [-0.3, -0.25) is 4.79 Å². The SMILES string of the molecule is CCN1CCCC(NC2=CC(=O)CC2)C1. The Morgan fingerprint density at radius 2 is 2.40 bits per heavy atom. The number of hydrogen-bond donors (Lipinski definition) is 1. The summed E-state index contributed by atoms with van der Waals surface area (Å²) in [6.07, 6.45) is 5.91. The Labute approximate surface area is 91.5 Å². The Balaban J connectivity index is 1.84. The number of hydrogen-bond acceptors (Lipinski definition) is 3. The van der Waals surface area contributed by atoms with Gasteiger partial charge in [0, 0.05) is 30.8 Å². The van der Waals surface area contributed by atoms with E-state index in [1.807, 2.05) is 0 Å². The lowest BCUT2D eigenvalue weighted by atomic mass is 10.1. The predicted octanol–water partition coefficient (Wildman–Crippen LogP) is 1.31. The van der Waals surface area contributed by atoms with E-state index in [1.54, 1.807) is 6.08 Å². The lowest BCUT2D eigenvalue weighted by Crippen LogP contribution is -2.44. The molecule has 3 heteroatoms. The zero-order valence-corrected chi connectivity index (χ0v) is 9.46. The molecule has 0 aromatic carbocycles. The Kier molecular flexibility index (Phi) is 3.41. The van der Waals surface area contributed by atoms with E-state index in [0.717, 1.165) is 25.2 Å². The van der Waals surface area contributed by atoms with Gasteiger partial charge < -0.3 is 10.2 Å². The Hall–Kier alpha value is -0.830. The molecule has 15 heavy (non-hydrogen) atoms. The maximum Gasteiger partial charge on any atom is 0.157 e. The maximum absolute atomic E-state index is 11.1. The molecule has 0 aromatic rings. The summed E-state index contributed by atoms with van der Waals surface area (Å²) in [6.45, 7) is 5.70. The molecule has 2 aliphatic rings. The van der Waals surface area contributed by atoms with E-state index in [1.165, 1.54) is 19.4 Å². The third-order valence-electron chi connectivity index (χ3n) is 3.32. The highest BCUT2D eigenvalue weighted by molar-refractivity contribution is 5.92. The van der Waals surface area contributed by atoms with Crippen molar-refractivity contribution in [2.24, 2.45) is 0 Å². The van der Waals surface area contributed by atoms with Gasteiger partial charge in [-0.25, -0.2) is 0 Å². The van der Waals surface area contributed by atoms with Crippen LogP contribution in [0.15, 0.2) is 11.8 Å². The number of ketones is 1. The largest absolute Gasteiger partial charge is 0.384 e. The minimum absolute atomic E-state index is 0.278. The number of carbonyl (C=O) groups is 1. The van der Waals surface area contributed by atoms with Crippen LogP contribution in [-0.4, -0.2) is 36.4 Å². The second-order valence-corrected chi connectivity index (χ2v) is 4.51. The second kappa shape index (κ2) is 4.79. The van der Waals surface area contributed by atoms with Crippen LogP contribution < -0.4 is 5.32 Å². The van der Waals surface area contributed by atoms with E-state index in [4.69, 9.17) is 0 Å². The molecular formula is C12H20N2O. The molecule has 84 valence electrons. The fraction of sp³-hybridized carbons (Fsp3) is 0.750. The van der Waals surface area contributed by atoms with E-state index in [-0.39, 0.29) is 5.78 Å². The monoisotopic (exact) mass is 208 g/mol. The van der Waals surface area contributed by atoms with Crippen LogP contribution in [0.3, 0.4) is 0 Å². The van der Waals surface area contributed by atoms with Crippen LogP contribution >= 0.6 is 0 Å². The van der Waals surface area contributed by atoms with Crippen LogP contribution in [0.5, 0.6) is 0 Å². The molecule has 0 saturated carbocycles. The number of nitrogens with one attached hydrogen (secondary N) is 1. The summed E-state index contributed by atoms with van der Waals surface area (Å²) in [5, 5.41) is 3.51. The molecule has 1 atom stereocenters. The number of rotatable bonds is 3. The summed E-state index contributed by atoms with van der Waals surface area (Å²) in [5.41, 5.74) is 1.16. The Morgan fingerprint density at radius 3 is 3.07 bits per heavy atom. The molecule has 1 N–H and O–H groups in total. The molecule has 0 aromatic heterocycles. The quantitative estimate of drug-likeness (QED) is 0.759. The molecule has 3 nitrogen and oxygen atoms in total. The molecule has 1 aliphatic carbocycles. The van der Waals surface area contributed by atoms with Gasteiger partial charge >= 0.3 is 0 Å². The first kappa shape index (κ1) is 10.7. The van der Waals surface area contributed by atoms with Crippen LogP contribution in [0, 0.1) is 0 Å². The van der Waals surface area contributed by atoms with E-state index in [0.29, 0.717) is 12.5 Å². The van der Waals surface area contributed by atoms with Gasteiger partial charge in [-0.05, 0) is 32.4 Å². The predicted molar refractivity (Wildman–Crippen MR) is 60.6 cm³/mol. The summed E-state index contributed by atoms with van der Waals surface area (Å²) in [7, 11) is 0. The Morgan fingerprint density at radius 1 is 1.53 bits per heavy atom. The second-order valence-electron chi connectivity index (χ2n) is 4.51. The first-order valence-corrected chi connectivity index (χ1v) is 6.00. The fourth-order valence-corrected chi connectivity index (χ4v) is 2.43. The molecule has 1 fully saturated rings. The standard InChI is InChI=1S/C12H20N2O/c1-2-14-7-3-4-11(9-14)13-10-5-6-12(15)8-10/h8,11,13H,2-7,9H2,1H3. The number of nitrogens with zero attached hydrogens (tertiary/aromatic N) is 1. The minimum atomic E-state index is 0.278. The minimum Gasteiger partial charge on any atom is -0.384 e. The molecule has 1 saturated heterocycles. The van der Waals surface area contributed by atoms with Gasteiger partial charge in [0.1, 0.15) is 0 Å². The summed E-state index contributed by atoms with van der Waals surface area (Å²) < 4.78 is 0. The third-order valence-corrected chi connectivity index (χ3v) is 3.32. The highest BCUT2D eigenvalue weighted by atomic mass is 16.1. The first-order chi connectivity index (χ1) is 7.28. The Bertz CT molecular complexity index is 273.